The number of fused-ring (bicyclic) bond motifs is 1. The van der Waals surface area contributed by atoms with Crippen LogP contribution >= 0.6 is 0 Å². The van der Waals surface area contributed by atoms with Gasteiger partial charge in [0.15, 0.2) is 0 Å². The molecule has 1 atom stereocenters. The van der Waals surface area contributed by atoms with Gasteiger partial charge in [0.05, 0.1) is 6.54 Å². The fourth-order valence-electron chi connectivity index (χ4n) is 2.24. The van der Waals surface area contributed by atoms with Crippen LogP contribution in [0.3, 0.4) is 0 Å². The lowest BCUT2D eigenvalue weighted by molar-refractivity contribution is -0.122. The summed E-state index contributed by atoms with van der Waals surface area (Å²) in [5, 5.41) is 10.8. The number of carbonyl (C=O) groups is 1. The van der Waals surface area contributed by atoms with Crippen molar-refractivity contribution in [3.05, 3.63) is 12.2 Å². The third kappa shape index (κ3) is 2.85. The number of hydrogen-bond donors (Lipinski definition) is 2. The molecule has 0 aromatic carbocycles. The Morgan fingerprint density at radius 1 is 1.61 bits per heavy atom. The van der Waals surface area contributed by atoms with Gasteiger partial charge < -0.3 is 15.6 Å². The fourth-order valence-corrected chi connectivity index (χ4v) is 2.24. The van der Waals surface area contributed by atoms with Crippen LogP contribution in [0.4, 0.5) is 0 Å². The summed E-state index contributed by atoms with van der Waals surface area (Å²) in [7, 11) is 0. The fraction of sp³-hybridized carbons (Fsp3) is 0.727. The summed E-state index contributed by atoms with van der Waals surface area (Å²) >= 11 is 0. The molecule has 2 rings (SSSR count). The standard InChI is InChI=1S/C11H20N6O/c1-2-13-11(18)5-9(6-12)16-3-4-17-8-14-15-10(17)7-16/h8-9H,2-7,12H2,1H3,(H,13,18). The highest BCUT2D eigenvalue weighted by Gasteiger charge is 2.25. The molecule has 7 heteroatoms. The Morgan fingerprint density at radius 2 is 2.44 bits per heavy atom. The van der Waals surface area contributed by atoms with E-state index in [9.17, 15) is 4.79 Å². The van der Waals surface area contributed by atoms with Crippen LogP contribution in [0.5, 0.6) is 0 Å². The van der Waals surface area contributed by atoms with Crippen molar-refractivity contribution in [3.8, 4) is 0 Å². The van der Waals surface area contributed by atoms with Crippen LogP contribution in [0.1, 0.15) is 19.2 Å². The van der Waals surface area contributed by atoms with Gasteiger partial charge in [-0.1, -0.05) is 0 Å². The summed E-state index contributed by atoms with van der Waals surface area (Å²) in [5.74, 6) is 0.996. The quantitative estimate of drug-likeness (QED) is 0.698. The van der Waals surface area contributed by atoms with Gasteiger partial charge in [-0.3, -0.25) is 9.69 Å². The Kier molecular flexibility index (Phi) is 4.27. The minimum atomic E-state index is 0.0555. The van der Waals surface area contributed by atoms with Crippen molar-refractivity contribution < 1.29 is 4.79 Å². The lowest BCUT2D eigenvalue weighted by atomic mass is 10.1. The second-order valence-electron chi connectivity index (χ2n) is 4.46. The van der Waals surface area contributed by atoms with Crippen LogP contribution in [0.2, 0.25) is 0 Å². The summed E-state index contributed by atoms with van der Waals surface area (Å²) in [4.78, 5) is 13.8. The van der Waals surface area contributed by atoms with Crippen molar-refractivity contribution >= 4 is 5.91 Å². The molecule has 0 fully saturated rings. The van der Waals surface area contributed by atoms with Crippen LogP contribution in [-0.2, 0) is 17.9 Å². The van der Waals surface area contributed by atoms with E-state index in [0.717, 1.165) is 18.9 Å². The number of amides is 1. The first-order valence-electron chi connectivity index (χ1n) is 6.32. The lowest BCUT2D eigenvalue weighted by Gasteiger charge is -2.33. The minimum Gasteiger partial charge on any atom is -0.356 e. The first-order chi connectivity index (χ1) is 8.74. The Hall–Kier alpha value is -1.47. The molecule has 1 unspecified atom stereocenters. The highest BCUT2D eigenvalue weighted by atomic mass is 16.1. The zero-order valence-corrected chi connectivity index (χ0v) is 10.7. The van der Waals surface area contributed by atoms with E-state index in [2.05, 4.69) is 20.4 Å². The summed E-state index contributed by atoms with van der Waals surface area (Å²) < 4.78 is 2.04. The van der Waals surface area contributed by atoms with Crippen molar-refractivity contribution in [2.24, 2.45) is 5.73 Å². The maximum absolute atomic E-state index is 11.6. The number of aromatic nitrogens is 3. The summed E-state index contributed by atoms with van der Waals surface area (Å²) in [6.45, 7) is 5.50. The average Bonchev–Trinajstić information content (AvgIpc) is 2.83. The normalized spacial score (nSPS) is 17.2. The van der Waals surface area contributed by atoms with Crippen molar-refractivity contribution in [1.82, 2.24) is 25.0 Å². The SMILES string of the molecule is CCNC(=O)CC(CN)N1CCn2cnnc2C1. The van der Waals surface area contributed by atoms with E-state index in [-0.39, 0.29) is 11.9 Å². The Balaban J connectivity index is 1.95. The first kappa shape index (κ1) is 13.0. The number of carbonyl (C=O) groups excluding carboxylic acids is 1. The van der Waals surface area contributed by atoms with Crippen LogP contribution in [0.25, 0.3) is 0 Å². The molecule has 0 radical (unpaired) electrons. The molecule has 0 saturated carbocycles. The van der Waals surface area contributed by atoms with Gasteiger partial charge in [-0.2, -0.15) is 0 Å². The van der Waals surface area contributed by atoms with Gasteiger partial charge in [0, 0.05) is 38.6 Å². The van der Waals surface area contributed by atoms with E-state index in [1.165, 1.54) is 0 Å². The molecule has 1 aliphatic rings. The number of nitrogens with zero attached hydrogens (tertiary/aromatic N) is 4. The lowest BCUT2D eigenvalue weighted by Crippen LogP contribution is -2.47. The van der Waals surface area contributed by atoms with Gasteiger partial charge in [0.1, 0.15) is 12.2 Å². The molecular weight excluding hydrogens is 232 g/mol. The molecule has 1 aromatic heterocycles. The van der Waals surface area contributed by atoms with Crippen molar-refractivity contribution in [2.75, 3.05) is 19.6 Å². The van der Waals surface area contributed by atoms with E-state index in [1.54, 1.807) is 6.33 Å². The summed E-state index contributed by atoms with van der Waals surface area (Å²) in [5.41, 5.74) is 5.78. The van der Waals surface area contributed by atoms with Crippen molar-refractivity contribution in [2.45, 2.75) is 32.5 Å². The van der Waals surface area contributed by atoms with Crippen molar-refractivity contribution in [3.63, 3.8) is 0 Å². The van der Waals surface area contributed by atoms with Gasteiger partial charge in [-0.05, 0) is 6.92 Å². The van der Waals surface area contributed by atoms with E-state index in [1.807, 2.05) is 11.5 Å². The molecule has 1 aromatic rings. The molecule has 2 heterocycles. The summed E-state index contributed by atoms with van der Waals surface area (Å²) in [6, 6.07) is 0.0713. The van der Waals surface area contributed by atoms with E-state index < -0.39 is 0 Å². The average molecular weight is 252 g/mol. The van der Waals surface area contributed by atoms with Crippen LogP contribution in [-0.4, -0.2) is 51.2 Å². The number of hydrogen-bond acceptors (Lipinski definition) is 5. The molecule has 18 heavy (non-hydrogen) atoms. The second kappa shape index (κ2) is 5.92. The number of nitrogens with two attached hydrogens (primary N) is 1. The predicted octanol–water partition coefficient (Wildman–Crippen LogP) is -1.05. The second-order valence-corrected chi connectivity index (χ2v) is 4.46. The van der Waals surface area contributed by atoms with Gasteiger partial charge in [-0.25, -0.2) is 0 Å². The first-order valence-corrected chi connectivity index (χ1v) is 6.32. The third-order valence-electron chi connectivity index (χ3n) is 3.25. The molecule has 0 aliphatic carbocycles. The molecule has 3 N–H and O–H groups in total. The van der Waals surface area contributed by atoms with Gasteiger partial charge in [0.25, 0.3) is 0 Å². The van der Waals surface area contributed by atoms with E-state index in [0.29, 0.717) is 26.1 Å². The molecular formula is C11H20N6O. The van der Waals surface area contributed by atoms with Crippen LogP contribution in [0, 0.1) is 0 Å². The highest BCUT2D eigenvalue weighted by molar-refractivity contribution is 5.76. The van der Waals surface area contributed by atoms with Gasteiger partial charge >= 0.3 is 0 Å². The minimum absolute atomic E-state index is 0.0555. The van der Waals surface area contributed by atoms with E-state index >= 15 is 0 Å². The third-order valence-corrected chi connectivity index (χ3v) is 3.25. The van der Waals surface area contributed by atoms with E-state index in [4.69, 9.17) is 5.73 Å². The van der Waals surface area contributed by atoms with Crippen LogP contribution in [0.15, 0.2) is 6.33 Å². The Bertz CT molecular complexity index is 404. The summed E-state index contributed by atoms with van der Waals surface area (Å²) in [6.07, 6.45) is 2.19. The number of rotatable bonds is 5. The Labute approximate surface area is 106 Å². The van der Waals surface area contributed by atoms with Crippen LogP contribution < -0.4 is 11.1 Å². The Morgan fingerprint density at radius 3 is 3.17 bits per heavy atom. The molecule has 1 aliphatic heterocycles. The van der Waals surface area contributed by atoms with Gasteiger partial charge in [0.2, 0.25) is 5.91 Å². The largest absolute Gasteiger partial charge is 0.356 e. The maximum Gasteiger partial charge on any atom is 0.221 e. The predicted molar refractivity (Wildman–Crippen MR) is 66.6 cm³/mol. The topological polar surface area (TPSA) is 89.1 Å². The highest BCUT2D eigenvalue weighted by Crippen LogP contribution is 2.13. The maximum atomic E-state index is 11.6. The molecule has 1 amide bonds. The molecule has 0 spiro atoms. The molecule has 0 bridgehead atoms. The van der Waals surface area contributed by atoms with Gasteiger partial charge in [-0.15, -0.1) is 10.2 Å². The number of nitrogens with one attached hydrogen (secondary N) is 1. The monoisotopic (exact) mass is 252 g/mol. The molecule has 0 saturated heterocycles. The smallest absolute Gasteiger partial charge is 0.221 e. The molecule has 100 valence electrons. The molecule has 7 nitrogen and oxygen atoms in total. The zero-order chi connectivity index (χ0) is 13.0. The zero-order valence-electron chi connectivity index (χ0n) is 10.7. The van der Waals surface area contributed by atoms with Crippen molar-refractivity contribution in [1.29, 1.82) is 0 Å².